The predicted molar refractivity (Wildman–Crippen MR) is 74.1 cm³/mol. The van der Waals surface area contributed by atoms with Crippen LogP contribution < -0.4 is 5.73 Å². The molecule has 0 radical (unpaired) electrons. The van der Waals surface area contributed by atoms with Crippen LogP contribution in [0, 0.1) is 17.2 Å². The molecule has 0 aliphatic heterocycles. The van der Waals surface area contributed by atoms with Crippen molar-refractivity contribution in [2.24, 2.45) is 17.1 Å². The summed E-state index contributed by atoms with van der Waals surface area (Å²) in [5.74, 6) is -0.898. The van der Waals surface area contributed by atoms with Gasteiger partial charge in [0.25, 0.3) is 0 Å². The molecule has 1 aromatic carbocycles. The van der Waals surface area contributed by atoms with Crippen LogP contribution in [0.3, 0.4) is 0 Å². The Labute approximate surface area is 122 Å². The molecule has 2 N–H and O–H groups in total. The molecular weight excluding hydrogens is 282 g/mol. The van der Waals surface area contributed by atoms with Crippen molar-refractivity contribution in [2.45, 2.75) is 51.7 Å². The van der Waals surface area contributed by atoms with Crippen molar-refractivity contribution in [3.8, 4) is 0 Å². The average molecular weight is 303 g/mol. The lowest BCUT2D eigenvalue weighted by atomic mass is 9.62. The molecule has 2 rings (SSSR count). The molecule has 0 bridgehead atoms. The number of rotatable bonds is 1. The van der Waals surface area contributed by atoms with E-state index in [1.54, 1.807) is 0 Å². The van der Waals surface area contributed by atoms with Crippen LogP contribution in [0.5, 0.6) is 0 Å². The molecule has 1 aliphatic rings. The molecule has 5 heteroatoms. The van der Waals surface area contributed by atoms with Crippen molar-refractivity contribution in [3.63, 3.8) is 0 Å². The molecule has 0 aromatic heterocycles. The van der Waals surface area contributed by atoms with Crippen LogP contribution in [0.25, 0.3) is 0 Å². The average Bonchev–Trinajstić information content (AvgIpc) is 2.23. The van der Waals surface area contributed by atoms with Gasteiger partial charge in [0, 0.05) is 5.54 Å². The van der Waals surface area contributed by atoms with Gasteiger partial charge in [-0.1, -0.05) is 26.8 Å². The molecule has 1 aromatic rings. The number of alkyl halides is 3. The van der Waals surface area contributed by atoms with E-state index in [-0.39, 0.29) is 5.41 Å². The molecule has 1 nitrogen and oxygen atoms in total. The zero-order chi connectivity index (χ0) is 16.1. The molecule has 1 fully saturated rings. The van der Waals surface area contributed by atoms with Gasteiger partial charge in [-0.05, 0) is 48.3 Å². The van der Waals surface area contributed by atoms with E-state index >= 15 is 0 Å². The Morgan fingerprint density at radius 2 is 1.81 bits per heavy atom. The number of nitrogens with two attached hydrogens (primary N) is 1. The van der Waals surface area contributed by atoms with E-state index in [0.29, 0.717) is 24.3 Å². The van der Waals surface area contributed by atoms with Gasteiger partial charge in [0.05, 0.1) is 5.56 Å². The Balaban J connectivity index is 2.40. The second-order valence-electron chi connectivity index (χ2n) is 7.20. The lowest BCUT2D eigenvalue weighted by molar-refractivity contribution is -0.140. The minimum Gasteiger partial charge on any atom is -0.321 e. The standard InChI is InChI=1S/C16H21F4N/c1-10-7-14(2,3)9-15(21,8-10)11-4-5-12(13(17)6-11)16(18,19)20/h4-6,10H,7-9,21H2,1-3H3. The van der Waals surface area contributed by atoms with Crippen LogP contribution in [0.2, 0.25) is 0 Å². The molecule has 21 heavy (non-hydrogen) atoms. The molecule has 0 saturated heterocycles. The summed E-state index contributed by atoms with van der Waals surface area (Å²) in [6.07, 6.45) is -2.38. The number of halogens is 4. The van der Waals surface area contributed by atoms with Crippen LogP contribution in [-0.2, 0) is 11.7 Å². The first kappa shape index (κ1) is 16.3. The van der Waals surface area contributed by atoms with E-state index in [2.05, 4.69) is 20.8 Å². The van der Waals surface area contributed by atoms with Crippen molar-refractivity contribution in [1.82, 2.24) is 0 Å². The van der Waals surface area contributed by atoms with E-state index in [1.165, 1.54) is 6.07 Å². The summed E-state index contributed by atoms with van der Waals surface area (Å²) in [5, 5.41) is 0. The van der Waals surface area contributed by atoms with E-state index in [9.17, 15) is 17.6 Å². The van der Waals surface area contributed by atoms with Gasteiger partial charge in [-0.2, -0.15) is 13.2 Å². The quantitative estimate of drug-likeness (QED) is 0.738. The van der Waals surface area contributed by atoms with Crippen LogP contribution in [0.1, 0.15) is 51.2 Å². The number of benzene rings is 1. The monoisotopic (exact) mass is 303 g/mol. The Hall–Kier alpha value is -1.10. The maximum Gasteiger partial charge on any atom is 0.419 e. The molecule has 0 spiro atoms. The van der Waals surface area contributed by atoms with Gasteiger partial charge in [0.2, 0.25) is 0 Å². The van der Waals surface area contributed by atoms with Crippen LogP contribution in [0.15, 0.2) is 18.2 Å². The molecule has 0 heterocycles. The topological polar surface area (TPSA) is 26.0 Å². The first-order chi connectivity index (χ1) is 9.43. The third kappa shape index (κ3) is 3.39. The smallest absolute Gasteiger partial charge is 0.321 e. The number of hydrogen-bond acceptors (Lipinski definition) is 1. The van der Waals surface area contributed by atoms with Crippen LogP contribution >= 0.6 is 0 Å². The zero-order valence-corrected chi connectivity index (χ0v) is 12.5. The molecule has 2 atom stereocenters. The predicted octanol–water partition coefficient (Wildman–Crippen LogP) is 4.84. The maximum absolute atomic E-state index is 13.8. The number of hydrogen-bond donors (Lipinski definition) is 1. The van der Waals surface area contributed by atoms with E-state index in [1.807, 2.05) is 0 Å². The van der Waals surface area contributed by atoms with Gasteiger partial charge in [-0.25, -0.2) is 4.39 Å². The first-order valence-corrected chi connectivity index (χ1v) is 7.09. The maximum atomic E-state index is 13.8. The largest absolute Gasteiger partial charge is 0.419 e. The van der Waals surface area contributed by atoms with Gasteiger partial charge in [-0.15, -0.1) is 0 Å². The Morgan fingerprint density at radius 1 is 1.19 bits per heavy atom. The summed E-state index contributed by atoms with van der Waals surface area (Å²) in [6.45, 7) is 6.25. The third-order valence-corrected chi connectivity index (χ3v) is 4.26. The van der Waals surface area contributed by atoms with Crippen molar-refractivity contribution >= 4 is 0 Å². The summed E-state index contributed by atoms with van der Waals surface area (Å²) >= 11 is 0. The lowest BCUT2D eigenvalue weighted by Crippen LogP contribution is -2.46. The second kappa shape index (κ2) is 4.97. The zero-order valence-electron chi connectivity index (χ0n) is 12.5. The Bertz CT molecular complexity index is 536. The summed E-state index contributed by atoms with van der Waals surface area (Å²) < 4.78 is 51.7. The van der Waals surface area contributed by atoms with Crippen LogP contribution in [0.4, 0.5) is 17.6 Å². The third-order valence-electron chi connectivity index (χ3n) is 4.26. The highest BCUT2D eigenvalue weighted by molar-refractivity contribution is 5.32. The molecule has 1 saturated carbocycles. The second-order valence-corrected chi connectivity index (χ2v) is 7.20. The molecule has 0 amide bonds. The van der Waals surface area contributed by atoms with E-state index < -0.39 is 23.1 Å². The minimum absolute atomic E-state index is 0.00834. The summed E-state index contributed by atoms with van der Waals surface area (Å²) in [5.41, 5.74) is 4.86. The van der Waals surface area contributed by atoms with Gasteiger partial charge in [0.1, 0.15) is 5.82 Å². The minimum atomic E-state index is -4.68. The van der Waals surface area contributed by atoms with Crippen molar-refractivity contribution in [2.75, 3.05) is 0 Å². The fourth-order valence-corrected chi connectivity index (χ4v) is 3.91. The lowest BCUT2D eigenvalue weighted by Gasteiger charge is -2.46. The SMILES string of the molecule is CC1CC(C)(C)CC(N)(c2ccc(C(F)(F)F)c(F)c2)C1. The van der Waals surface area contributed by atoms with E-state index in [0.717, 1.165) is 18.6 Å². The summed E-state index contributed by atoms with van der Waals surface area (Å²) in [4.78, 5) is 0. The Kier molecular flexibility index (Phi) is 3.85. The van der Waals surface area contributed by atoms with Crippen molar-refractivity contribution in [1.29, 1.82) is 0 Å². The summed E-state index contributed by atoms with van der Waals surface area (Å²) in [6, 6.07) is 3.07. The fourth-order valence-electron chi connectivity index (χ4n) is 3.91. The molecule has 1 aliphatic carbocycles. The summed E-state index contributed by atoms with van der Waals surface area (Å²) in [7, 11) is 0. The fraction of sp³-hybridized carbons (Fsp3) is 0.625. The van der Waals surface area contributed by atoms with Gasteiger partial charge < -0.3 is 5.73 Å². The first-order valence-electron chi connectivity index (χ1n) is 7.09. The van der Waals surface area contributed by atoms with Gasteiger partial charge in [0.15, 0.2) is 0 Å². The van der Waals surface area contributed by atoms with Crippen LogP contribution in [-0.4, -0.2) is 0 Å². The highest BCUT2D eigenvalue weighted by Gasteiger charge is 2.42. The normalized spacial score (nSPS) is 29.4. The Morgan fingerprint density at radius 3 is 2.29 bits per heavy atom. The van der Waals surface area contributed by atoms with Gasteiger partial charge in [-0.3, -0.25) is 0 Å². The highest BCUT2D eigenvalue weighted by Crippen LogP contribution is 2.47. The van der Waals surface area contributed by atoms with E-state index in [4.69, 9.17) is 5.73 Å². The van der Waals surface area contributed by atoms with Gasteiger partial charge >= 0.3 is 6.18 Å². The molecule has 2 unspecified atom stereocenters. The highest BCUT2D eigenvalue weighted by atomic mass is 19.4. The van der Waals surface area contributed by atoms with Crippen molar-refractivity contribution in [3.05, 3.63) is 35.1 Å². The molecule has 118 valence electrons. The van der Waals surface area contributed by atoms with Crippen molar-refractivity contribution < 1.29 is 17.6 Å². The molecular formula is C16H21F4N.